The van der Waals surface area contributed by atoms with Gasteiger partial charge in [-0.15, -0.1) is 0 Å². The molecular formula is C65H116N14O13. The van der Waals surface area contributed by atoms with Crippen LogP contribution in [0, 0.1) is 35.5 Å². The fourth-order valence-corrected chi connectivity index (χ4v) is 11.6. The van der Waals surface area contributed by atoms with Gasteiger partial charge in [0.05, 0.1) is 12.2 Å². The van der Waals surface area contributed by atoms with Crippen molar-refractivity contribution in [3.63, 3.8) is 0 Å². The molecule has 0 spiro atoms. The van der Waals surface area contributed by atoms with Gasteiger partial charge in [0.15, 0.2) is 0 Å². The SMILES string of the molecule is C/C=C/[C@@H](C)[C@@H](O)[C@H]1C(=O)N[C@@H](CC)C(=O)N(CC)[C@H](C)C(=O)N(C)C([C@@H](C)OCCCCN=[N+]=[N-])C(=O)N[C@@H](C(C)C)C(=O)N(C)[C@@H](CC(C)C)C(=O)N[C@@H](C)C(=O)N[C@H](C)C(=O)N(C)[C@@H](CC(C)C)C(=O)N(C)[C@@H](CC(C)C)C(=O)N(C)[C@@H](C(C)C)C(=O)N1C. The lowest BCUT2D eigenvalue weighted by Gasteiger charge is -2.41. The smallest absolute Gasteiger partial charge is 0.246 e. The molecule has 0 saturated carbocycles. The van der Waals surface area contributed by atoms with E-state index in [9.17, 15) is 43.5 Å². The summed E-state index contributed by atoms with van der Waals surface area (Å²) in [6.07, 6.45) is 1.89. The van der Waals surface area contributed by atoms with Crippen molar-refractivity contribution in [2.24, 2.45) is 40.6 Å². The van der Waals surface area contributed by atoms with E-state index in [1.807, 2.05) is 41.5 Å². The Morgan fingerprint density at radius 2 is 1.00 bits per heavy atom. The zero-order chi connectivity index (χ0) is 71.1. The number of aliphatic hydroxyl groups excluding tert-OH is 1. The van der Waals surface area contributed by atoms with Crippen molar-refractivity contribution in [1.29, 1.82) is 0 Å². The third-order valence-electron chi connectivity index (χ3n) is 17.2. The lowest BCUT2D eigenvalue weighted by molar-refractivity contribution is -0.157. The van der Waals surface area contributed by atoms with Crippen molar-refractivity contribution in [1.82, 2.24) is 55.6 Å². The first-order valence-corrected chi connectivity index (χ1v) is 32.8. The number of allylic oxidation sites excluding steroid dienone is 1. The fourth-order valence-electron chi connectivity index (χ4n) is 11.6. The molecule has 0 aliphatic carbocycles. The van der Waals surface area contributed by atoms with Gasteiger partial charge in [-0.25, -0.2) is 0 Å². The molecular weight excluding hydrogens is 1180 g/mol. The number of hydrogen-bond acceptors (Lipinski definition) is 14. The highest BCUT2D eigenvalue weighted by Crippen LogP contribution is 2.26. The molecule has 524 valence electrons. The maximum absolute atomic E-state index is 15.2. The summed E-state index contributed by atoms with van der Waals surface area (Å²) in [6, 6.07) is -14.4. The molecule has 1 aliphatic rings. The van der Waals surface area contributed by atoms with Crippen LogP contribution in [0.25, 0.3) is 10.4 Å². The van der Waals surface area contributed by atoms with Crippen molar-refractivity contribution in [2.45, 2.75) is 242 Å². The van der Waals surface area contributed by atoms with Crippen LogP contribution in [0.5, 0.6) is 0 Å². The van der Waals surface area contributed by atoms with Crippen LogP contribution in [0.1, 0.15) is 163 Å². The van der Waals surface area contributed by atoms with E-state index in [1.165, 1.54) is 87.6 Å². The highest BCUT2D eigenvalue weighted by Gasteiger charge is 2.46. The van der Waals surface area contributed by atoms with Crippen LogP contribution in [-0.4, -0.2) is 245 Å². The molecule has 5 N–H and O–H groups in total. The molecule has 0 radical (unpaired) electrons. The lowest BCUT2D eigenvalue weighted by Crippen LogP contribution is -2.64. The van der Waals surface area contributed by atoms with Crippen LogP contribution in [-0.2, 0) is 57.5 Å². The molecule has 0 aromatic heterocycles. The van der Waals surface area contributed by atoms with Crippen molar-refractivity contribution in [2.75, 3.05) is 62.0 Å². The van der Waals surface area contributed by atoms with Crippen molar-refractivity contribution in [3.8, 4) is 0 Å². The fraction of sp³-hybridized carbons (Fsp3) is 0.800. The Balaban J connectivity index is 4.47. The summed E-state index contributed by atoms with van der Waals surface area (Å²) in [6.45, 7) is 30.6. The van der Waals surface area contributed by atoms with Gasteiger partial charge in [-0.2, -0.15) is 0 Å². The molecule has 27 heteroatoms. The second-order valence-corrected chi connectivity index (χ2v) is 26.8. The van der Waals surface area contributed by atoms with E-state index in [-0.39, 0.29) is 63.1 Å². The molecule has 0 aromatic carbocycles. The first-order valence-electron chi connectivity index (χ1n) is 32.8. The van der Waals surface area contributed by atoms with E-state index in [2.05, 4.69) is 31.3 Å². The highest BCUT2D eigenvalue weighted by molar-refractivity contribution is 6.00. The molecule has 11 amide bonds. The van der Waals surface area contributed by atoms with Gasteiger partial charge >= 0.3 is 0 Å². The molecule has 1 aliphatic heterocycles. The van der Waals surface area contributed by atoms with Crippen LogP contribution in [0.4, 0.5) is 0 Å². The second-order valence-electron chi connectivity index (χ2n) is 26.8. The summed E-state index contributed by atoms with van der Waals surface area (Å²) in [7, 11) is 8.39. The van der Waals surface area contributed by atoms with Gasteiger partial charge in [0, 0.05) is 72.8 Å². The Hall–Kier alpha value is -6.86. The highest BCUT2D eigenvalue weighted by atomic mass is 16.5. The van der Waals surface area contributed by atoms with Crippen LogP contribution < -0.4 is 21.3 Å². The number of unbranched alkanes of at least 4 members (excludes halogenated alkanes) is 1. The van der Waals surface area contributed by atoms with E-state index in [0.29, 0.717) is 12.8 Å². The van der Waals surface area contributed by atoms with Crippen molar-refractivity contribution < 1.29 is 62.6 Å². The van der Waals surface area contributed by atoms with Crippen molar-refractivity contribution >= 4 is 65.0 Å². The van der Waals surface area contributed by atoms with Gasteiger partial charge in [0.1, 0.15) is 66.5 Å². The molecule has 1 unspecified atom stereocenters. The largest absolute Gasteiger partial charge is 0.390 e. The number of likely N-dealkylation sites (N-methyl/N-ethyl adjacent to an activating group) is 7. The molecule has 0 bridgehead atoms. The molecule has 14 atom stereocenters. The Morgan fingerprint density at radius 1 is 0.533 bits per heavy atom. The number of hydrogen-bond donors (Lipinski definition) is 5. The van der Waals surface area contributed by atoms with Gasteiger partial charge in [-0.3, -0.25) is 52.7 Å². The Bertz CT molecular complexity index is 2580. The Kier molecular flexibility index (Phi) is 35.2. The van der Waals surface area contributed by atoms with E-state index >= 15 is 14.4 Å². The molecule has 1 fully saturated rings. The van der Waals surface area contributed by atoms with Crippen LogP contribution in [0.15, 0.2) is 17.3 Å². The summed E-state index contributed by atoms with van der Waals surface area (Å²) >= 11 is 0. The summed E-state index contributed by atoms with van der Waals surface area (Å²) in [5, 5.41) is 26.7. The number of azide groups is 1. The maximum atomic E-state index is 15.2. The van der Waals surface area contributed by atoms with Gasteiger partial charge in [0.2, 0.25) is 65.0 Å². The van der Waals surface area contributed by atoms with Crippen LogP contribution >= 0.6 is 0 Å². The minimum absolute atomic E-state index is 0.0264. The number of aliphatic hydroxyl groups is 1. The first-order chi connectivity index (χ1) is 42.7. The standard InChI is InChI=1S/C65H116N14O13/c1-25-30-41(14)54(80)53-58(84)70-46(26-2)61(87)79(27-3)44(17)60(86)77(23)52(45(18)92-32-29-28-31-67-72-66)57(83)71-50(39(10)11)64(90)73(19)47(33-36(4)5)56(82)68-42(15)55(81)69-43(16)59(85)74(20)48(34-37(6)7)62(88)75(21)49(35-38(8)9)63(89)76(22)51(40(12)13)65(91)78(53)24/h25,30,36-54,80H,26-29,31-35H2,1-24H3,(H,68,82)(H,69,81)(H,70,84)(H,71,83)/b30-25+/t41-,42+,43-,44-,45-,46+,47+,48+,49+,50+,51+,52?,53+,54-/m1/s1. The zero-order valence-electron chi connectivity index (χ0n) is 59.8. The summed E-state index contributed by atoms with van der Waals surface area (Å²) in [5.74, 6) is -10.5. The molecule has 1 heterocycles. The number of nitrogens with one attached hydrogen (secondary N) is 4. The molecule has 1 saturated heterocycles. The number of carbonyl (C=O) groups is 11. The maximum Gasteiger partial charge on any atom is 0.246 e. The Morgan fingerprint density at radius 3 is 1.48 bits per heavy atom. The third kappa shape index (κ3) is 23.0. The minimum Gasteiger partial charge on any atom is -0.390 e. The van der Waals surface area contributed by atoms with E-state index < -0.39 is 161 Å². The van der Waals surface area contributed by atoms with Gasteiger partial charge in [-0.05, 0) is 115 Å². The lowest BCUT2D eigenvalue weighted by atomic mass is 9.93. The normalized spacial score (nSPS) is 26.7. The predicted octanol–water partition coefficient (Wildman–Crippen LogP) is 4.11. The second kappa shape index (κ2) is 39.0. The van der Waals surface area contributed by atoms with E-state index in [4.69, 9.17) is 10.3 Å². The third-order valence-corrected chi connectivity index (χ3v) is 17.2. The van der Waals surface area contributed by atoms with E-state index in [1.54, 1.807) is 74.5 Å². The molecule has 92 heavy (non-hydrogen) atoms. The van der Waals surface area contributed by atoms with E-state index in [0.717, 1.165) is 9.80 Å². The van der Waals surface area contributed by atoms with Gasteiger partial charge in [0.25, 0.3) is 0 Å². The molecule has 0 aromatic rings. The number of ether oxygens (including phenoxy) is 1. The van der Waals surface area contributed by atoms with Crippen molar-refractivity contribution in [3.05, 3.63) is 22.6 Å². The quantitative estimate of drug-likeness (QED) is 0.0377. The summed E-state index contributed by atoms with van der Waals surface area (Å²) < 4.78 is 6.17. The summed E-state index contributed by atoms with van der Waals surface area (Å²) in [4.78, 5) is 174. The number of rotatable bonds is 20. The average Bonchev–Trinajstić information content (AvgIpc) is 2.28. The zero-order valence-corrected chi connectivity index (χ0v) is 59.8. The minimum atomic E-state index is -1.67. The number of carbonyl (C=O) groups excluding carboxylic acids is 11. The summed E-state index contributed by atoms with van der Waals surface area (Å²) in [5.41, 5.74) is 8.80. The van der Waals surface area contributed by atoms with Gasteiger partial charge in [-0.1, -0.05) is 100 Å². The number of amides is 11. The average molecular weight is 1300 g/mol. The Labute approximate surface area is 548 Å². The molecule has 1 rings (SSSR count). The van der Waals surface area contributed by atoms with Crippen LogP contribution in [0.2, 0.25) is 0 Å². The molecule has 27 nitrogen and oxygen atoms in total. The monoisotopic (exact) mass is 1300 g/mol. The van der Waals surface area contributed by atoms with Crippen LogP contribution in [0.3, 0.4) is 0 Å². The number of nitrogens with zero attached hydrogens (tertiary/aromatic N) is 10. The van der Waals surface area contributed by atoms with Gasteiger partial charge < -0.3 is 65.4 Å². The first kappa shape index (κ1) is 83.2. The predicted molar refractivity (Wildman–Crippen MR) is 352 cm³/mol. The topological polar surface area (TPSA) is 337 Å².